The molecule has 1 heterocycles. The summed E-state index contributed by atoms with van der Waals surface area (Å²) >= 11 is 0. The van der Waals surface area contributed by atoms with E-state index in [2.05, 4.69) is 37.3 Å². The Hall–Kier alpha value is -1.15. The quantitative estimate of drug-likeness (QED) is 0.832. The molecule has 1 aromatic rings. The normalized spacial score (nSPS) is 23.2. The molecule has 0 spiro atoms. The van der Waals surface area contributed by atoms with Crippen LogP contribution < -0.4 is 4.90 Å². The molecule has 2 nitrogen and oxygen atoms in total. The molecule has 1 aliphatic rings. The van der Waals surface area contributed by atoms with Crippen molar-refractivity contribution in [1.29, 1.82) is 0 Å². The van der Waals surface area contributed by atoms with E-state index in [1.54, 1.807) is 4.90 Å². The third-order valence-electron chi connectivity index (χ3n) is 4.22. The largest absolute Gasteiger partial charge is 0.331 e. The van der Waals surface area contributed by atoms with Crippen molar-refractivity contribution in [2.24, 2.45) is 5.92 Å². The zero-order valence-electron chi connectivity index (χ0n) is 12.0. The molecule has 1 fully saturated rings. The van der Waals surface area contributed by atoms with Crippen LogP contribution in [0.25, 0.3) is 0 Å². The molecule has 0 unspecified atom stereocenters. The number of rotatable bonds is 6. The van der Waals surface area contributed by atoms with Crippen molar-refractivity contribution < 1.29 is 9.69 Å². The van der Waals surface area contributed by atoms with Crippen molar-refractivity contribution in [1.82, 2.24) is 0 Å². The first-order chi connectivity index (χ1) is 9.29. The van der Waals surface area contributed by atoms with E-state index in [1.807, 2.05) is 0 Å². The zero-order valence-corrected chi connectivity index (χ0v) is 12.0. The highest BCUT2D eigenvalue weighted by Gasteiger charge is 2.26. The first kappa shape index (κ1) is 14.3. The number of ketones is 1. The Morgan fingerprint density at radius 2 is 1.89 bits per heavy atom. The number of carbonyl (C=O) groups excluding carboxylic acids is 1. The number of quaternary nitrogens is 1. The van der Waals surface area contributed by atoms with Crippen LogP contribution in [0.5, 0.6) is 0 Å². The number of unbranched alkanes of at least 4 members (excludes halogenated alkanes) is 1. The summed E-state index contributed by atoms with van der Waals surface area (Å²) in [6.45, 7) is 5.56. The maximum atomic E-state index is 12.0. The lowest BCUT2D eigenvalue weighted by Crippen LogP contribution is -3.11. The first-order valence-corrected chi connectivity index (χ1v) is 7.69. The summed E-state index contributed by atoms with van der Waals surface area (Å²) in [5, 5.41) is 0. The molecule has 104 valence electrons. The van der Waals surface area contributed by atoms with Crippen molar-refractivity contribution in [2.45, 2.75) is 45.6 Å². The highest BCUT2D eigenvalue weighted by atomic mass is 16.1. The Bertz CT molecular complexity index is 380. The number of carbonyl (C=O) groups is 1. The van der Waals surface area contributed by atoms with Gasteiger partial charge in [0.2, 0.25) is 0 Å². The number of hydrogen-bond donors (Lipinski definition) is 1. The summed E-state index contributed by atoms with van der Waals surface area (Å²) in [5.41, 5.74) is 1.41. The molecule has 19 heavy (non-hydrogen) atoms. The van der Waals surface area contributed by atoms with Gasteiger partial charge < -0.3 is 4.90 Å². The Balaban J connectivity index is 1.75. The van der Waals surface area contributed by atoms with E-state index in [-0.39, 0.29) is 0 Å². The fourth-order valence-corrected chi connectivity index (χ4v) is 2.96. The van der Waals surface area contributed by atoms with Gasteiger partial charge in [-0.1, -0.05) is 43.7 Å². The van der Waals surface area contributed by atoms with Crippen molar-refractivity contribution in [2.75, 3.05) is 13.1 Å². The van der Waals surface area contributed by atoms with Gasteiger partial charge in [-0.25, -0.2) is 0 Å². The van der Waals surface area contributed by atoms with Crippen LogP contribution in [0.4, 0.5) is 0 Å². The van der Waals surface area contributed by atoms with Gasteiger partial charge in [0.15, 0.2) is 0 Å². The summed E-state index contributed by atoms with van der Waals surface area (Å²) in [6.07, 6.45) is 5.17. The Morgan fingerprint density at radius 3 is 2.53 bits per heavy atom. The van der Waals surface area contributed by atoms with Crippen LogP contribution in [0.2, 0.25) is 0 Å². The number of benzene rings is 1. The average Bonchev–Trinajstić information content (AvgIpc) is 2.46. The summed E-state index contributed by atoms with van der Waals surface area (Å²) in [6, 6.07) is 10.7. The second kappa shape index (κ2) is 7.44. The Morgan fingerprint density at radius 1 is 1.21 bits per heavy atom. The molecule has 0 bridgehead atoms. The molecule has 1 aliphatic heterocycles. The van der Waals surface area contributed by atoms with Crippen LogP contribution in [0.3, 0.4) is 0 Å². The first-order valence-electron chi connectivity index (χ1n) is 7.69. The monoisotopic (exact) mass is 260 g/mol. The maximum absolute atomic E-state index is 12.0. The SMILES string of the molecule is CCCCC(=O)C1CC[NH+](Cc2ccccc2)CC1. The minimum atomic E-state index is 0.353. The minimum Gasteiger partial charge on any atom is -0.331 e. The number of piperidine rings is 1. The van der Waals surface area contributed by atoms with Gasteiger partial charge in [0, 0.05) is 30.7 Å². The Labute approximate surface area is 116 Å². The molecule has 2 heteroatoms. The van der Waals surface area contributed by atoms with Crippen molar-refractivity contribution in [3.63, 3.8) is 0 Å². The van der Waals surface area contributed by atoms with E-state index in [9.17, 15) is 4.79 Å². The molecule has 0 atom stereocenters. The van der Waals surface area contributed by atoms with Gasteiger partial charge >= 0.3 is 0 Å². The van der Waals surface area contributed by atoms with E-state index in [0.717, 1.165) is 51.7 Å². The summed E-state index contributed by atoms with van der Waals surface area (Å²) < 4.78 is 0. The predicted molar refractivity (Wildman–Crippen MR) is 78.1 cm³/mol. The van der Waals surface area contributed by atoms with Crippen LogP contribution in [0, 0.1) is 5.92 Å². The minimum absolute atomic E-state index is 0.353. The van der Waals surface area contributed by atoms with E-state index in [1.165, 1.54) is 5.56 Å². The van der Waals surface area contributed by atoms with Crippen LogP contribution in [-0.4, -0.2) is 18.9 Å². The van der Waals surface area contributed by atoms with E-state index in [0.29, 0.717) is 11.7 Å². The molecule has 0 radical (unpaired) electrons. The van der Waals surface area contributed by atoms with Crippen molar-refractivity contribution >= 4 is 5.78 Å². The summed E-state index contributed by atoms with van der Waals surface area (Å²) in [4.78, 5) is 13.6. The van der Waals surface area contributed by atoms with Crippen LogP contribution in [0.15, 0.2) is 30.3 Å². The Kier molecular flexibility index (Phi) is 5.59. The number of hydrogen-bond acceptors (Lipinski definition) is 1. The molecular formula is C17H26NO+. The zero-order chi connectivity index (χ0) is 13.5. The summed E-state index contributed by atoms with van der Waals surface area (Å²) in [7, 11) is 0. The fourth-order valence-electron chi connectivity index (χ4n) is 2.96. The smallest absolute Gasteiger partial charge is 0.136 e. The van der Waals surface area contributed by atoms with Gasteiger partial charge in [-0.2, -0.15) is 0 Å². The van der Waals surface area contributed by atoms with E-state index < -0.39 is 0 Å². The molecule has 1 N–H and O–H groups in total. The second-order valence-electron chi connectivity index (χ2n) is 5.76. The lowest BCUT2D eigenvalue weighted by Gasteiger charge is -2.28. The number of Topliss-reactive ketones (excluding diaryl/α,β-unsaturated/α-hetero) is 1. The van der Waals surface area contributed by atoms with Gasteiger partial charge in [-0.3, -0.25) is 4.79 Å². The molecule has 1 aromatic carbocycles. The average molecular weight is 260 g/mol. The third-order valence-corrected chi connectivity index (χ3v) is 4.22. The molecule has 2 rings (SSSR count). The maximum Gasteiger partial charge on any atom is 0.136 e. The lowest BCUT2D eigenvalue weighted by atomic mass is 9.90. The van der Waals surface area contributed by atoms with Crippen LogP contribution >= 0.6 is 0 Å². The second-order valence-corrected chi connectivity index (χ2v) is 5.76. The van der Waals surface area contributed by atoms with Crippen LogP contribution in [0.1, 0.15) is 44.6 Å². The van der Waals surface area contributed by atoms with Gasteiger partial charge in [0.25, 0.3) is 0 Å². The highest BCUT2D eigenvalue weighted by Crippen LogP contribution is 2.14. The van der Waals surface area contributed by atoms with Crippen LogP contribution in [-0.2, 0) is 11.3 Å². The van der Waals surface area contributed by atoms with Gasteiger partial charge in [0.05, 0.1) is 13.1 Å². The van der Waals surface area contributed by atoms with Gasteiger partial charge in [-0.15, -0.1) is 0 Å². The molecular weight excluding hydrogens is 234 g/mol. The highest BCUT2D eigenvalue weighted by molar-refractivity contribution is 5.80. The number of nitrogens with one attached hydrogen (secondary N) is 1. The predicted octanol–water partition coefficient (Wildman–Crippen LogP) is 2.24. The van der Waals surface area contributed by atoms with Crippen molar-refractivity contribution in [3.8, 4) is 0 Å². The van der Waals surface area contributed by atoms with Crippen molar-refractivity contribution in [3.05, 3.63) is 35.9 Å². The topological polar surface area (TPSA) is 21.5 Å². The lowest BCUT2D eigenvalue weighted by molar-refractivity contribution is -0.919. The molecule has 1 saturated heterocycles. The standard InChI is InChI=1S/C17H25NO/c1-2-3-9-17(19)16-10-12-18(13-11-16)14-15-7-5-4-6-8-15/h4-8,16H,2-3,9-14H2,1H3/p+1. The third kappa shape index (κ3) is 4.46. The fraction of sp³-hybridized carbons (Fsp3) is 0.588. The molecule has 0 saturated carbocycles. The van der Waals surface area contributed by atoms with E-state index in [4.69, 9.17) is 0 Å². The van der Waals surface area contributed by atoms with E-state index >= 15 is 0 Å². The number of likely N-dealkylation sites (tertiary alicyclic amines) is 1. The molecule has 0 aliphatic carbocycles. The molecule has 0 amide bonds. The van der Waals surface area contributed by atoms with Gasteiger partial charge in [-0.05, 0) is 6.42 Å². The molecule has 0 aromatic heterocycles. The summed E-state index contributed by atoms with van der Waals surface area (Å²) in [5.74, 6) is 0.867. The van der Waals surface area contributed by atoms with Gasteiger partial charge in [0.1, 0.15) is 12.3 Å².